The normalized spacial score (nSPS) is 19.2. The van der Waals surface area contributed by atoms with E-state index in [1.54, 1.807) is 22.6 Å². The smallest absolute Gasteiger partial charge is 0.245 e. The molecule has 0 saturated carbocycles. The molecule has 1 aromatic carbocycles. The van der Waals surface area contributed by atoms with E-state index in [1.165, 1.54) is 6.20 Å². The van der Waals surface area contributed by atoms with Crippen LogP contribution in [0.3, 0.4) is 0 Å². The van der Waals surface area contributed by atoms with E-state index in [0.717, 1.165) is 17.7 Å². The summed E-state index contributed by atoms with van der Waals surface area (Å²) < 4.78 is 27.8. The van der Waals surface area contributed by atoms with E-state index in [2.05, 4.69) is 9.88 Å². The minimum Gasteiger partial charge on any atom is -0.373 e. The summed E-state index contributed by atoms with van der Waals surface area (Å²) in [7, 11) is -1.55. The summed E-state index contributed by atoms with van der Waals surface area (Å²) in [6, 6.07) is 11.2. The van der Waals surface area contributed by atoms with Crippen LogP contribution in [0.25, 0.3) is 0 Å². The molecule has 0 saturated heterocycles. The number of likely N-dealkylation sites (N-methyl/N-ethyl adjacent to an activating group) is 1. The van der Waals surface area contributed by atoms with E-state index in [9.17, 15) is 8.42 Å². The van der Waals surface area contributed by atoms with Gasteiger partial charge in [-0.3, -0.25) is 4.98 Å². The number of fused-ring (bicyclic) bond motifs is 1. The third kappa shape index (κ3) is 2.96. The Balaban J connectivity index is 2.07. The van der Waals surface area contributed by atoms with Crippen molar-refractivity contribution in [1.29, 1.82) is 0 Å². The molecule has 0 fully saturated rings. The van der Waals surface area contributed by atoms with Crippen LogP contribution in [0.2, 0.25) is 0 Å². The van der Waals surface area contributed by atoms with Crippen molar-refractivity contribution in [1.82, 2.24) is 9.29 Å². The quantitative estimate of drug-likeness (QED) is 0.867. The zero-order valence-corrected chi connectivity index (χ0v) is 14.2. The Morgan fingerprint density at radius 3 is 2.70 bits per heavy atom. The zero-order chi connectivity index (χ0) is 16.4. The summed E-state index contributed by atoms with van der Waals surface area (Å²) in [6.07, 6.45) is 3.77. The molecule has 0 bridgehead atoms. The second-order valence-corrected chi connectivity index (χ2v) is 7.70. The summed E-state index contributed by atoms with van der Waals surface area (Å²) in [5.74, 6) is 0. The molecule has 0 amide bonds. The lowest BCUT2D eigenvalue weighted by Gasteiger charge is -2.29. The Bertz CT molecular complexity index is 777. The number of hydrogen-bond donors (Lipinski definition) is 0. The molecule has 5 nitrogen and oxygen atoms in total. The number of rotatable bonds is 3. The molecule has 2 heterocycles. The molecule has 6 heteroatoms. The fourth-order valence-corrected chi connectivity index (χ4v) is 4.70. The molecule has 3 rings (SSSR count). The van der Waals surface area contributed by atoms with E-state index >= 15 is 0 Å². The summed E-state index contributed by atoms with van der Waals surface area (Å²) in [5, 5.41) is 0. The summed E-state index contributed by atoms with van der Waals surface area (Å²) in [4.78, 5) is 6.35. The predicted molar refractivity (Wildman–Crippen MR) is 90.8 cm³/mol. The second-order valence-electron chi connectivity index (χ2n) is 5.81. The van der Waals surface area contributed by atoms with E-state index in [-0.39, 0.29) is 10.9 Å². The molecule has 0 unspecified atom stereocenters. The van der Waals surface area contributed by atoms with E-state index in [1.807, 2.05) is 38.2 Å². The van der Waals surface area contributed by atoms with Gasteiger partial charge in [-0.25, -0.2) is 8.42 Å². The molecule has 1 aliphatic heterocycles. The fraction of sp³-hybridized carbons (Fsp3) is 0.353. The number of nitrogens with zero attached hydrogens (tertiary/aromatic N) is 3. The van der Waals surface area contributed by atoms with Gasteiger partial charge in [0.1, 0.15) is 4.90 Å². The molecule has 0 N–H and O–H groups in total. The predicted octanol–water partition coefficient (Wildman–Crippen LogP) is 2.50. The molecule has 0 radical (unpaired) electrons. The van der Waals surface area contributed by atoms with Crippen LogP contribution in [0.1, 0.15) is 18.9 Å². The standard InChI is InChI=1S/C17H21N3O2S/c1-3-15-13-19(2)17-9-5-4-7-14(17)12-20(15)23(21,22)16-8-6-10-18-11-16/h4-11,15H,3,12-13H2,1-2H3/t15-/m1/s1. The first-order chi connectivity index (χ1) is 11.0. The highest BCUT2D eigenvalue weighted by Crippen LogP contribution is 2.30. The molecular formula is C17H21N3O2S. The van der Waals surface area contributed by atoms with Crippen molar-refractivity contribution < 1.29 is 8.42 Å². The van der Waals surface area contributed by atoms with Crippen molar-refractivity contribution in [2.75, 3.05) is 18.5 Å². The summed E-state index contributed by atoms with van der Waals surface area (Å²) in [6.45, 7) is 3.09. The second kappa shape index (κ2) is 6.29. The van der Waals surface area contributed by atoms with Crippen LogP contribution in [-0.4, -0.2) is 37.3 Å². The number of aromatic nitrogens is 1. The SMILES string of the molecule is CC[C@@H]1CN(C)c2ccccc2CN1S(=O)(=O)c1cccnc1. The summed E-state index contributed by atoms with van der Waals surface area (Å²) in [5.41, 5.74) is 2.12. The average Bonchev–Trinajstić information content (AvgIpc) is 2.73. The van der Waals surface area contributed by atoms with Crippen molar-refractivity contribution in [3.05, 3.63) is 54.4 Å². The molecule has 2 aromatic rings. The highest BCUT2D eigenvalue weighted by molar-refractivity contribution is 7.89. The van der Waals surface area contributed by atoms with Crippen molar-refractivity contribution in [3.63, 3.8) is 0 Å². The van der Waals surface area contributed by atoms with Gasteiger partial charge in [0.25, 0.3) is 0 Å². The Morgan fingerprint density at radius 1 is 1.22 bits per heavy atom. The number of para-hydroxylation sites is 1. The summed E-state index contributed by atoms with van der Waals surface area (Å²) >= 11 is 0. The molecule has 1 atom stereocenters. The number of benzene rings is 1. The third-order valence-electron chi connectivity index (χ3n) is 4.33. The van der Waals surface area contributed by atoms with Crippen LogP contribution < -0.4 is 4.90 Å². The molecule has 1 aromatic heterocycles. The lowest BCUT2D eigenvalue weighted by Crippen LogP contribution is -2.43. The van der Waals surface area contributed by atoms with Crippen molar-refractivity contribution in [2.24, 2.45) is 0 Å². The van der Waals surface area contributed by atoms with Gasteiger partial charge in [0.15, 0.2) is 0 Å². The van der Waals surface area contributed by atoms with E-state index in [4.69, 9.17) is 0 Å². The highest BCUT2D eigenvalue weighted by Gasteiger charge is 2.34. The minimum atomic E-state index is -3.57. The van der Waals surface area contributed by atoms with Gasteiger partial charge >= 0.3 is 0 Å². The van der Waals surface area contributed by atoms with Crippen LogP contribution in [-0.2, 0) is 16.6 Å². The molecule has 1 aliphatic rings. The van der Waals surface area contributed by atoms with Gasteiger partial charge in [0.05, 0.1) is 0 Å². The van der Waals surface area contributed by atoms with Crippen molar-refractivity contribution >= 4 is 15.7 Å². The maximum Gasteiger partial charge on any atom is 0.245 e. The van der Waals surface area contributed by atoms with Crippen molar-refractivity contribution in [2.45, 2.75) is 30.8 Å². The largest absolute Gasteiger partial charge is 0.373 e. The lowest BCUT2D eigenvalue weighted by atomic mass is 10.1. The van der Waals surface area contributed by atoms with Gasteiger partial charge in [-0.15, -0.1) is 0 Å². The van der Waals surface area contributed by atoms with Gasteiger partial charge in [-0.2, -0.15) is 4.31 Å². The van der Waals surface area contributed by atoms with Crippen LogP contribution in [0, 0.1) is 0 Å². The maximum atomic E-state index is 13.1. The maximum absolute atomic E-state index is 13.1. The molecule has 23 heavy (non-hydrogen) atoms. The van der Waals surface area contributed by atoms with Crippen LogP contribution in [0.5, 0.6) is 0 Å². The molecular weight excluding hydrogens is 310 g/mol. The number of sulfonamides is 1. The van der Waals surface area contributed by atoms with Crippen molar-refractivity contribution in [3.8, 4) is 0 Å². The fourth-order valence-electron chi connectivity index (χ4n) is 3.07. The van der Waals surface area contributed by atoms with Crippen LogP contribution in [0.15, 0.2) is 53.7 Å². The number of anilines is 1. The van der Waals surface area contributed by atoms with Crippen LogP contribution >= 0.6 is 0 Å². The molecule has 0 aliphatic carbocycles. The lowest BCUT2D eigenvalue weighted by molar-refractivity contribution is 0.315. The first-order valence-electron chi connectivity index (χ1n) is 7.75. The van der Waals surface area contributed by atoms with Gasteiger partial charge in [0, 0.05) is 44.3 Å². The Kier molecular flexibility index (Phi) is 4.37. The average molecular weight is 331 g/mol. The van der Waals surface area contributed by atoms with Crippen LogP contribution in [0.4, 0.5) is 5.69 Å². The number of pyridine rings is 1. The Morgan fingerprint density at radius 2 is 2.00 bits per heavy atom. The Labute approximate surface area is 137 Å². The third-order valence-corrected chi connectivity index (χ3v) is 6.22. The van der Waals surface area contributed by atoms with Gasteiger partial charge < -0.3 is 4.90 Å². The minimum absolute atomic E-state index is 0.0717. The first kappa shape index (κ1) is 16.0. The van der Waals surface area contributed by atoms with E-state index < -0.39 is 10.0 Å². The van der Waals surface area contributed by atoms with Gasteiger partial charge in [-0.1, -0.05) is 25.1 Å². The van der Waals surface area contributed by atoms with Gasteiger partial charge in [-0.05, 0) is 30.2 Å². The molecule has 122 valence electrons. The zero-order valence-electron chi connectivity index (χ0n) is 13.4. The molecule has 0 spiro atoms. The van der Waals surface area contributed by atoms with Gasteiger partial charge in [0.2, 0.25) is 10.0 Å². The van der Waals surface area contributed by atoms with E-state index in [0.29, 0.717) is 13.1 Å². The monoisotopic (exact) mass is 331 g/mol. The topological polar surface area (TPSA) is 53.5 Å². The number of hydrogen-bond acceptors (Lipinski definition) is 4. The highest BCUT2D eigenvalue weighted by atomic mass is 32.2. The first-order valence-corrected chi connectivity index (χ1v) is 9.19. The Hall–Kier alpha value is -1.92.